The monoisotopic (exact) mass is 381 g/mol. The van der Waals surface area contributed by atoms with Gasteiger partial charge in [-0.2, -0.15) is 13.2 Å². The Morgan fingerprint density at radius 1 is 0.962 bits per heavy atom. The van der Waals surface area contributed by atoms with Crippen LogP contribution in [0.15, 0.2) is 60.7 Å². The molecule has 0 fully saturated rings. The van der Waals surface area contributed by atoms with Crippen LogP contribution in [0.1, 0.15) is 31.9 Å². The SMILES string of the molecule is CC(C)(C)[S@@](=O)N[C@@H](/C(=C/c1ccccc1)c1ccccc1)C(F)(F)F. The van der Waals surface area contributed by atoms with E-state index in [1.54, 1.807) is 81.4 Å². The summed E-state index contributed by atoms with van der Waals surface area (Å²) >= 11 is 0. The van der Waals surface area contributed by atoms with Crippen LogP contribution in [0.4, 0.5) is 13.2 Å². The van der Waals surface area contributed by atoms with Crippen molar-refractivity contribution in [2.24, 2.45) is 0 Å². The fourth-order valence-electron chi connectivity index (χ4n) is 2.28. The second-order valence-corrected chi connectivity index (χ2v) is 8.85. The lowest BCUT2D eigenvalue weighted by atomic mass is 9.96. The molecule has 0 aliphatic carbocycles. The van der Waals surface area contributed by atoms with E-state index in [0.717, 1.165) is 0 Å². The minimum Gasteiger partial charge on any atom is -0.242 e. The Balaban J connectivity index is 2.56. The van der Waals surface area contributed by atoms with Crippen molar-refractivity contribution in [1.29, 1.82) is 0 Å². The molecule has 0 radical (unpaired) electrons. The maximum atomic E-state index is 13.9. The molecule has 0 unspecified atom stereocenters. The minimum atomic E-state index is -4.60. The van der Waals surface area contributed by atoms with E-state index in [1.165, 1.54) is 6.08 Å². The van der Waals surface area contributed by atoms with Crippen LogP contribution < -0.4 is 4.72 Å². The van der Waals surface area contributed by atoms with Crippen LogP contribution in [-0.4, -0.2) is 21.2 Å². The van der Waals surface area contributed by atoms with Crippen LogP contribution in [0, 0.1) is 0 Å². The van der Waals surface area contributed by atoms with Gasteiger partial charge in [0, 0.05) is 0 Å². The Morgan fingerprint density at radius 3 is 1.92 bits per heavy atom. The van der Waals surface area contributed by atoms with E-state index < -0.39 is 28.0 Å². The highest BCUT2D eigenvalue weighted by Crippen LogP contribution is 2.33. The maximum Gasteiger partial charge on any atom is 0.408 e. The number of halogens is 3. The average Bonchev–Trinajstić information content (AvgIpc) is 2.57. The Labute approximate surface area is 154 Å². The zero-order valence-electron chi connectivity index (χ0n) is 14.9. The van der Waals surface area contributed by atoms with Crippen LogP contribution in [0.5, 0.6) is 0 Å². The number of hydrogen-bond donors (Lipinski definition) is 1. The highest BCUT2D eigenvalue weighted by Gasteiger charge is 2.44. The quantitative estimate of drug-likeness (QED) is 0.708. The van der Waals surface area contributed by atoms with E-state index in [4.69, 9.17) is 0 Å². The lowest BCUT2D eigenvalue weighted by Crippen LogP contribution is -2.48. The van der Waals surface area contributed by atoms with Gasteiger partial charge in [0.15, 0.2) is 0 Å². The maximum absolute atomic E-state index is 13.9. The van der Waals surface area contributed by atoms with Crippen molar-refractivity contribution >= 4 is 22.6 Å². The summed E-state index contributed by atoms with van der Waals surface area (Å²) in [6, 6.07) is 15.1. The first-order valence-electron chi connectivity index (χ1n) is 8.16. The van der Waals surface area contributed by atoms with Gasteiger partial charge in [-0.1, -0.05) is 60.7 Å². The molecule has 0 aliphatic heterocycles. The van der Waals surface area contributed by atoms with Gasteiger partial charge in [-0.25, -0.2) is 8.93 Å². The van der Waals surface area contributed by atoms with E-state index in [1.807, 2.05) is 0 Å². The predicted octanol–water partition coefficient (Wildman–Crippen LogP) is 5.21. The molecule has 0 bridgehead atoms. The number of rotatable bonds is 5. The zero-order chi connectivity index (χ0) is 19.4. The Morgan fingerprint density at radius 2 is 1.46 bits per heavy atom. The molecule has 2 aromatic carbocycles. The molecule has 1 N–H and O–H groups in total. The fraction of sp³-hybridized carbons (Fsp3) is 0.300. The van der Waals surface area contributed by atoms with Gasteiger partial charge in [0.1, 0.15) is 6.04 Å². The van der Waals surface area contributed by atoms with Crippen molar-refractivity contribution in [2.45, 2.75) is 37.7 Å². The molecule has 0 amide bonds. The van der Waals surface area contributed by atoms with Crippen molar-refractivity contribution in [3.8, 4) is 0 Å². The van der Waals surface area contributed by atoms with E-state index in [9.17, 15) is 17.4 Å². The van der Waals surface area contributed by atoms with Gasteiger partial charge in [0.25, 0.3) is 0 Å². The second-order valence-electron chi connectivity index (χ2n) is 6.85. The van der Waals surface area contributed by atoms with Gasteiger partial charge in [-0.15, -0.1) is 0 Å². The molecule has 0 saturated heterocycles. The van der Waals surface area contributed by atoms with Gasteiger partial charge < -0.3 is 0 Å². The summed E-state index contributed by atoms with van der Waals surface area (Å²) in [5.41, 5.74) is 1.10. The number of alkyl halides is 3. The first kappa shape index (κ1) is 20.4. The van der Waals surface area contributed by atoms with Crippen LogP contribution in [0.3, 0.4) is 0 Å². The molecular formula is C20H22F3NOS. The lowest BCUT2D eigenvalue weighted by molar-refractivity contribution is -0.137. The highest BCUT2D eigenvalue weighted by molar-refractivity contribution is 7.84. The number of benzene rings is 2. The van der Waals surface area contributed by atoms with Gasteiger partial charge >= 0.3 is 6.18 Å². The second kappa shape index (κ2) is 8.18. The number of nitrogens with one attached hydrogen (secondary N) is 1. The largest absolute Gasteiger partial charge is 0.408 e. The van der Waals surface area contributed by atoms with E-state index in [-0.39, 0.29) is 5.57 Å². The average molecular weight is 381 g/mol. The molecule has 140 valence electrons. The normalized spacial score (nSPS) is 15.5. The number of hydrogen-bond acceptors (Lipinski definition) is 1. The van der Waals surface area contributed by atoms with E-state index in [2.05, 4.69) is 4.72 Å². The van der Waals surface area contributed by atoms with Gasteiger partial charge in [-0.3, -0.25) is 0 Å². The topological polar surface area (TPSA) is 29.1 Å². The third-order valence-electron chi connectivity index (χ3n) is 3.65. The predicted molar refractivity (Wildman–Crippen MR) is 102 cm³/mol. The van der Waals surface area contributed by atoms with Gasteiger partial charge in [-0.05, 0) is 43.5 Å². The third kappa shape index (κ3) is 5.54. The summed E-state index contributed by atoms with van der Waals surface area (Å²) in [5.74, 6) is 0. The van der Waals surface area contributed by atoms with Crippen molar-refractivity contribution in [1.82, 2.24) is 4.72 Å². The summed E-state index contributed by atoms with van der Waals surface area (Å²) in [6.07, 6.45) is -3.11. The Hall–Kier alpha value is -1.92. The summed E-state index contributed by atoms with van der Waals surface area (Å²) in [4.78, 5) is 0. The molecule has 2 aromatic rings. The van der Waals surface area contributed by atoms with Crippen LogP contribution >= 0.6 is 0 Å². The summed E-state index contributed by atoms with van der Waals surface area (Å²) in [7, 11) is -1.88. The lowest BCUT2D eigenvalue weighted by Gasteiger charge is -2.28. The third-order valence-corrected chi connectivity index (χ3v) is 5.21. The first-order valence-corrected chi connectivity index (χ1v) is 9.31. The van der Waals surface area contributed by atoms with Crippen molar-refractivity contribution in [3.05, 3.63) is 71.8 Å². The van der Waals surface area contributed by atoms with Crippen molar-refractivity contribution in [2.75, 3.05) is 0 Å². The molecule has 0 spiro atoms. The zero-order valence-corrected chi connectivity index (χ0v) is 15.7. The molecule has 0 heterocycles. The molecule has 2 atom stereocenters. The molecule has 0 aromatic heterocycles. The molecule has 0 saturated carbocycles. The first-order chi connectivity index (χ1) is 12.1. The molecule has 6 heteroatoms. The Kier molecular flexibility index (Phi) is 6.42. The van der Waals surface area contributed by atoms with E-state index in [0.29, 0.717) is 11.1 Å². The molecule has 26 heavy (non-hydrogen) atoms. The molecule has 2 rings (SSSR count). The minimum absolute atomic E-state index is 0.0295. The highest BCUT2D eigenvalue weighted by atomic mass is 32.2. The molecular weight excluding hydrogens is 359 g/mol. The van der Waals surface area contributed by atoms with E-state index >= 15 is 0 Å². The Bertz CT molecular complexity index is 765. The van der Waals surface area contributed by atoms with Crippen molar-refractivity contribution < 1.29 is 17.4 Å². The summed E-state index contributed by atoms with van der Waals surface area (Å²) in [5, 5.41) is 0. The fourth-order valence-corrected chi connectivity index (χ4v) is 3.11. The van der Waals surface area contributed by atoms with Gasteiger partial charge in [0.2, 0.25) is 0 Å². The van der Waals surface area contributed by atoms with Crippen LogP contribution in [0.2, 0.25) is 0 Å². The summed E-state index contributed by atoms with van der Waals surface area (Å²) in [6.45, 7) is 4.89. The summed E-state index contributed by atoms with van der Waals surface area (Å²) < 4.78 is 55.5. The molecule has 0 aliphatic rings. The van der Waals surface area contributed by atoms with Crippen LogP contribution in [-0.2, 0) is 11.0 Å². The standard InChI is InChI=1S/C20H22F3NOS/c1-19(2,3)26(25)24-18(20(21,22)23)17(16-12-8-5-9-13-16)14-15-10-6-4-7-11-15/h4-14,18,24H,1-3H3/b17-14+/t18-,26+/m0/s1. The van der Waals surface area contributed by atoms with Crippen LogP contribution in [0.25, 0.3) is 11.6 Å². The van der Waals surface area contributed by atoms with Crippen molar-refractivity contribution in [3.63, 3.8) is 0 Å². The van der Waals surface area contributed by atoms with Gasteiger partial charge in [0.05, 0.1) is 15.7 Å². The molecule has 2 nitrogen and oxygen atoms in total. The smallest absolute Gasteiger partial charge is 0.242 e.